The van der Waals surface area contributed by atoms with E-state index in [1.54, 1.807) is 18.2 Å². The average molecular weight is 557 g/mol. The van der Waals surface area contributed by atoms with Gasteiger partial charge >= 0.3 is 6.18 Å². The predicted molar refractivity (Wildman–Crippen MR) is 124 cm³/mol. The second-order valence-electron chi connectivity index (χ2n) is 7.22. The van der Waals surface area contributed by atoms with Crippen LogP contribution >= 0.6 is 22.6 Å². The number of pyridine rings is 1. The number of halogens is 4. The Hall–Kier alpha value is -2.89. The van der Waals surface area contributed by atoms with Crippen LogP contribution in [0.1, 0.15) is 29.7 Å². The minimum atomic E-state index is -4.58. The summed E-state index contributed by atoms with van der Waals surface area (Å²) in [6.07, 6.45) is -3.68. The number of nitrogens with one attached hydrogen (secondary N) is 1. The molecule has 0 saturated heterocycles. The molecule has 2 amide bonds. The molecule has 1 heterocycles. The van der Waals surface area contributed by atoms with Gasteiger partial charge in [-0.2, -0.15) is 13.2 Å². The fourth-order valence-electron chi connectivity index (χ4n) is 3.34. The second kappa shape index (κ2) is 9.31. The molecule has 10 heteroatoms. The Morgan fingerprint density at radius 3 is 2.50 bits per heavy atom. The van der Waals surface area contributed by atoms with Crippen LogP contribution in [-0.4, -0.2) is 16.4 Å². The number of nitrogens with zero attached hydrogens (tertiary/aromatic N) is 1. The first-order valence-electron chi connectivity index (χ1n) is 9.51. The van der Waals surface area contributed by atoms with E-state index < -0.39 is 41.6 Å². The van der Waals surface area contributed by atoms with E-state index in [0.717, 1.165) is 6.07 Å². The number of carbonyl (C=O) groups is 2. The molecular weight excluding hydrogens is 538 g/mol. The Bertz CT molecular complexity index is 1250. The van der Waals surface area contributed by atoms with Crippen LogP contribution in [0.25, 0.3) is 10.8 Å². The number of anilines is 1. The van der Waals surface area contributed by atoms with Crippen molar-refractivity contribution in [1.82, 2.24) is 4.57 Å². The van der Waals surface area contributed by atoms with Crippen molar-refractivity contribution in [3.63, 3.8) is 0 Å². The molecule has 3 N–H and O–H groups in total. The molecule has 3 rings (SSSR count). The molecule has 1 aromatic heterocycles. The summed E-state index contributed by atoms with van der Waals surface area (Å²) >= 11 is 1.97. The number of aromatic nitrogens is 1. The molecule has 1 atom stereocenters. The van der Waals surface area contributed by atoms with E-state index in [0.29, 0.717) is 15.4 Å². The first-order chi connectivity index (χ1) is 15.0. The van der Waals surface area contributed by atoms with Gasteiger partial charge in [0, 0.05) is 27.1 Å². The third kappa shape index (κ3) is 4.95. The number of carbonyl (C=O) groups excluding carboxylic acids is 2. The van der Waals surface area contributed by atoms with Crippen molar-refractivity contribution >= 4 is 50.9 Å². The van der Waals surface area contributed by atoms with Gasteiger partial charge in [0.25, 0.3) is 5.56 Å². The van der Waals surface area contributed by atoms with Crippen molar-refractivity contribution in [2.45, 2.75) is 30.0 Å². The lowest BCUT2D eigenvalue weighted by molar-refractivity contribution is -0.138. The molecule has 0 unspecified atom stereocenters. The lowest BCUT2D eigenvalue weighted by atomic mass is 10.0. The van der Waals surface area contributed by atoms with E-state index in [1.807, 2.05) is 22.6 Å². The van der Waals surface area contributed by atoms with Crippen LogP contribution in [-0.2, 0) is 26.6 Å². The second-order valence-corrected chi connectivity index (χ2v) is 7.98. The maximum Gasteiger partial charge on any atom is 0.416 e. The zero-order valence-corrected chi connectivity index (χ0v) is 19.0. The molecule has 3 aromatic rings. The van der Waals surface area contributed by atoms with E-state index in [-0.39, 0.29) is 16.6 Å². The number of benzene rings is 2. The summed E-state index contributed by atoms with van der Waals surface area (Å²) in [5.74, 6) is -1.33. The topological polar surface area (TPSA) is 94.2 Å². The highest BCUT2D eigenvalue weighted by Crippen LogP contribution is 2.33. The van der Waals surface area contributed by atoms with Crippen molar-refractivity contribution in [2.24, 2.45) is 5.73 Å². The van der Waals surface area contributed by atoms with Gasteiger partial charge in [0.1, 0.15) is 6.04 Å². The third-order valence-electron chi connectivity index (χ3n) is 5.06. The van der Waals surface area contributed by atoms with Gasteiger partial charge in [0.2, 0.25) is 11.8 Å². The molecule has 0 bridgehead atoms. The fourth-order valence-corrected chi connectivity index (χ4v) is 3.81. The summed E-state index contributed by atoms with van der Waals surface area (Å²) in [4.78, 5) is 36.8. The van der Waals surface area contributed by atoms with Gasteiger partial charge < -0.3 is 15.6 Å². The van der Waals surface area contributed by atoms with Crippen LogP contribution in [0.3, 0.4) is 0 Å². The number of hydrogen-bond donors (Lipinski definition) is 2. The Morgan fingerprint density at radius 2 is 1.88 bits per heavy atom. The minimum Gasteiger partial charge on any atom is -0.368 e. The third-order valence-corrected chi connectivity index (χ3v) is 5.94. The zero-order chi connectivity index (χ0) is 23.6. The van der Waals surface area contributed by atoms with Crippen molar-refractivity contribution in [3.05, 3.63) is 75.7 Å². The molecule has 0 aliphatic rings. The van der Waals surface area contributed by atoms with Crippen LogP contribution in [0.4, 0.5) is 18.9 Å². The van der Waals surface area contributed by atoms with Gasteiger partial charge in [0.05, 0.1) is 12.0 Å². The number of nitrogens with two attached hydrogens (primary N) is 1. The van der Waals surface area contributed by atoms with Gasteiger partial charge in [-0.25, -0.2) is 0 Å². The highest BCUT2D eigenvalue weighted by molar-refractivity contribution is 14.1. The highest BCUT2D eigenvalue weighted by atomic mass is 127. The molecule has 168 valence electrons. The Balaban J connectivity index is 1.92. The highest BCUT2D eigenvalue weighted by Gasteiger charge is 2.34. The van der Waals surface area contributed by atoms with Crippen LogP contribution in [0.15, 0.2) is 53.5 Å². The quantitative estimate of drug-likeness (QED) is 0.352. The molecule has 32 heavy (non-hydrogen) atoms. The van der Waals surface area contributed by atoms with Gasteiger partial charge in [-0.15, -0.1) is 0 Å². The molecule has 0 radical (unpaired) electrons. The number of alkyl halides is 4. The number of amides is 2. The molecule has 0 aliphatic carbocycles. The van der Waals surface area contributed by atoms with E-state index in [4.69, 9.17) is 5.73 Å². The standard InChI is InChI=1S/C22H19F3IN3O3/c1-12(20(27)31)29-8-7-15-16(21(29)32)3-2-4-18(15)28-19(30)10-14-6-5-13(11-26)9-17(14)22(23,24)25/h2-9,12H,10-11H2,1H3,(H2,27,31)(H,28,30)/t12-/m0/s1. The summed E-state index contributed by atoms with van der Waals surface area (Å²) in [5.41, 5.74) is 4.61. The van der Waals surface area contributed by atoms with Gasteiger partial charge in [-0.3, -0.25) is 14.4 Å². The van der Waals surface area contributed by atoms with E-state index in [1.165, 1.54) is 35.9 Å². The normalized spacial score (nSPS) is 12.5. The maximum atomic E-state index is 13.5. The summed E-state index contributed by atoms with van der Waals surface area (Å²) < 4.78 is 41.9. The van der Waals surface area contributed by atoms with Crippen molar-refractivity contribution in [1.29, 1.82) is 0 Å². The van der Waals surface area contributed by atoms with Gasteiger partial charge in [-0.1, -0.05) is 40.8 Å². The van der Waals surface area contributed by atoms with Crippen LogP contribution < -0.4 is 16.6 Å². The SMILES string of the molecule is C[C@@H](C(N)=O)n1ccc2c(NC(=O)Cc3ccc(CI)cc3C(F)(F)F)cccc2c1=O. The molecular formula is C22H19F3IN3O3. The van der Waals surface area contributed by atoms with Crippen LogP contribution in [0.2, 0.25) is 0 Å². The van der Waals surface area contributed by atoms with Crippen LogP contribution in [0, 0.1) is 0 Å². The van der Waals surface area contributed by atoms with Crippen LogP contribution in [0.5, 0.6) is 0 Å². The van der Waals surface area contributed by atoms with Gasteiger partial charge in [-0.05, 0) is 42.3 Å². The molecule has 2 aromatic carbocycles. The number of hydrogen-bond acceptors (Lipinski definition) is 3. The minimum absolute atomic E-state index is 0.138. The Kier molecular flexibility index (Phi) is 6.91. The van der Waals surface area contributed by atoms with Crippen molar-refractivity contribution < 1.29 is 22.8 Å². The lowest BCUT2D eigenvalue weighted by Gasteiger charge is -2.16. The van der Waals surface area contributed by atoms with E-state index in [9.17, 15) is 27.6 Å². The Labute approximate surface area is 194 Å². The summed E-state index contributed by atoms with van der Waals surface area (Å²) in [6, 6.07) is 9.21. The Morgan fingerprint density at radius 1 is 1.16 bits per heavy atom. The number of rotatable bonds is 6. The van der Waals surface area contributed by atoms with Gasteiger partial charge in [0.15, 0.2) is 0 Å². The molecule has 0 aliphatic heterocycles. The lowest BCUT2D eigenvalue weighted by Crippen LogP contribution is -2.31. The van der Waals surface area contributed by atoms with E-state index >= 15 is 0 Å². The van der Waals surface area contributed by atoms with E-state index in [2.05, 4.69) is 5.32 Å². The zero-order valence-electron chi connectivity index (χ0n) is 16.9. The summed E-state index contributed by atoms with van der Waals surface area (Å²) in [5, 5.41) is 3.23. The molecule has 0 spiro atoms. The smallest absolute Gasteiger partial charge is 0.368 e. The average Bonchev–Trinajstić information content (AvgIpc) is 2.73. The summed E-state index contributed by atoms with van der Waals surface area (Å²) in [6.45, 7) is 1.49. The van der Waals surface area contributed by atoms with Crippen molar-refractivity contribution in [3.8, 4) is 0 Å². The fraction of sp³-hybridized carbons (Fsp3) is 0.227. The molecule has 0 fully saturated rings. The molecule has 0 saturated carbocycles. The first kappa shape index (κ1) is 23.8. The largest absolute Gasteiger partial charge is 0.416 e. The maximum absolute atomic E-state index is 13.5. The predicted octanol–water partition coefficient (Wildman–Crippen LogP) is 4.18. The first-order valence-corrected chi connectivity index (χ1v) is 11.0. The monoisotopic (exact) mass is 557 g/mol. The number of primary amides is 1. The number of fused-ring (bicyclic) bond motifs is 1. The summed E-state index contributed by atoms with van der Waals surface area (Å²) in [7, 11) is 0. The van der Waals surface area contributed by atoms with Crippen molar-refractivity contribution in [2.75, 3.05) is 5.32 Å². The molecule has 6 nitrogen and oxygen atoms in total.